The first-order valence-electron chi connectivity index (χ1n) is 8.83. The molecule has 0 saturated carbocycles. The molecule has 0 bridgehead atoms. The zero-order valence-corrected chi connectivity index (χ0v) is 15.5. The molecule has 1 N–H and O–H groups in total. The predicted octanol–water partition coefficient (Wildman–Crippen LogP) is 3.95. The quantitative estimate of drug-likeness (QED) is 0.492. The van der Waals surface area contributed by atoms with Crippen molar-refractivity contribution in [2.75, 3.05) is 0 Å². The van der Waals surface area contributed by atoms with Gasteiger partial charge in [-0.1, -0.05) is 30.3 Å². The largest absolute Gasteiger partial charge is 0.489 e. The van der Waals surface area contributed by atoms with Crippen LogP contribution in [0.25, 0.3) is 6.08 Å². The first kappa shape index (κ1) is 19.5. The van der Waals surface area contributed by atoms with Gasteiger partial charge in [0.05, 0.1) is 24.4 Å². The lowest BCUT2D eigenvalue weighted by atomic mass is 10.1. The Labute approximate surface area is 168 Å². The van der Waals surface area contributed by atoms with Gasteiger partial charge in [0.15, 0.2) is 0 Å². The number of carbonyl (C=O) groups is 1. The van der Waals surface area contributed by atoms with E-state index in [1.807, 2.05) is 18.2 Å². The van der Waals surface area contributed by atoms with Crippen LogP contribution in [0.4, 0.5) is 0 Å². The molecule has 0 spiro atoms. The van der Waals surface area contributed by atoms with Crippen molar-refractivity contribution in [3.05, 3.63) is 95.0 Å². The van der Waals surface area contributed by atoms with Crippen molar-refractivity contribution < 1.29 is 13.9 Å². The Morgan fingerprint density at radius 2 is 1.86 bits per heavy atom. The maximum absolute atomic E-state index is 12.2. The van der Waals surface area contributed by atoms with Crippen LogP contribution < -0.4 is 10.1 Å². The fraction of sp³-hybridized carbons (Fsp3) is 0.0870. The van der Waals surface area contributed by atoms with Gasteiger partial charge in [0, 0.05) is 5.56 Å². The van der Waals surface area contributed by atoms with Crippen molar-refractivity contribution in [3.8, 4) is 17.9 Å². The van der Waals surface area contributed by atoms with Gasteiger partial charge in [0.25, 0.3) is 5.91 Å². The topological polar surface area (TPSA) is 99.0 Å². The van der Waals surface area contributed by atoms with Gasteiger partial charge in [-0.15, -0.1) is 0 Å². The fourth-order valence-corrected chi connectivity index (χ4v) is 2.57. The van der Waals surface area contributed by atoms with Gasteiger partial charge in [0.2, 0.25) is 0 Å². The number of hydrogen-bond donors (Lipinski definition) is 1. The Bertz CT molecular complexity index is 1090. The minimum atomic E-state index is -0.475. The van der Waals surface area contributed by atoms with E-state index < -0.39 is 5.91 Å². The molecule has 0 atom stereocenters. The molecule has 6 nitrogen and oxygen atoms in total. The summed E-state index contributed by atoms with van der Waals surface area (Å²) in [6.07, 6.45) is 3.03. The summed E-state index contributed by atoms with van der Waals surface area (Å²) in [6, 6.07) is 21.8. The Hall–Kier alpha value is -4.29. The third-order valence-electron chi connectivity index (χ3n) is 4.09. The molecule has 1 amide bonds. The lowest BCUT2D eigenvalue weighted by Crippen LogP contribution is -2.23. The molecule has 0 fully saturated rings. The van der Waals surface area contributed by atoms with Gasteiger partial charge in [-0.05, 0) is 42.0 Å². The van der Waals surface area contributed by atoms with Gasteiger partial charge in [-0.2, -0.15) is 10.5 Å². The first-order chi connectivity index (χ1) is 14.2. The van der Waals surface area contributed by atoms with E-state index >= 15 is 0 Å². The van der Waals surface area contributed by atoms with Crippen molar-refractivity contribution in [3.63, 3.8) is 0 Å². The number of amides is 1. The van der Waals surface area contributed by atoms with Crippen LogP contribution in [0.2, 0.25) is 0 Å². The molecule has 0 radical (unpaired) electrons. The predicted molar refractivity (Wildman–Crippen MR) is 106 cm³/mol. The molecule has 3 rings (SSSR count). The van der Waals surface area contributed by atoms with E-state index in [0.717, 1.165) is 5.56 Å². The number of nitrogens with zero attached hydrogens (tertiary/aromatic N) is 2. The number of nitrogens with one attached hydrogen (secondary N) is 1. The highest BCUT2D eigenvalue weighted by Gasteiger charge is 2.09. The van der Waals surface area contributed by atoms with E-state index in [2.05, 4.69) is 11.4 Å². The SMILES string of the molecule is N#CC(=Cc1ccc(OCc2ccccc2C#N)cc1)C(=O)NCc1ccco1. The van der Waals surface area contributed by atoms with Crippen molar-refractivity contribution in [2.24, 2.45) is 0 Å². The number of rotatable bonds is 7. The lowest BCUT2D eigenvalue weighted by Gasteiger charge is -2.08. The zero-order chi connectivity index (χ0) is 20.5. The summed E-state index contributed by atoms with van der Waals surface area (Å²) >= 11 is 0. The molecule has 0 aliphatic rings. The molecule has 0 unspecified atom stereocenters. The van der Waals surface area contributed by atoms with Crippen LogP contribution in [0.3, 0.4) is 0 Å². The summed E-state index contributed by atoms with van der Waals surface area (Å²) in [4.78, 5) is 12.2. The average Bonchev–Trinajstić information content (AvgIpc) is 3.29. The van der Waals surface area contributed by atoms with E-state index in [0.29, 0.717) is 22.6 Å². The molecule has 1 heterocycles. The molecular weight excluding hydrogens is 366 g/mol. The molecule has 0 aliphatic heterocycles. The van der Waals surface area contributed by atoms with Crippen molar-refractivity contribution >= 4 is 12.0 Å². The second-order valence-corrected chi connectivity index (χ2v) is 6.06. The minimum absolute atomic E-state index is 0.00632. The van der Waals surface area contributed by atoms with E-state index in [1.165, 1.54) is 12.3 Å². The highest BCUT2D eigenvalue weighted by atomic mass is 16.5. The Kier molecular flexibility index (Phi) is 6.44. The molecule has 6 heteroatoms. The van der Waals surface area contributed by atoms with Gasteiger partial charge in [-0.25, -0.2) is 0 Å². The van der Waals surface area contributed by atoms with Crippen LogP contribution >= 0.6 is 0 Å². The standard InChI is InChI=1S/C23H17N3O3/c24-13-18-4-1-2-5-19(18)16-29-21-9-7-17(8-10-21)12-20(14-25)23(27)26-15-22-6-3-11-28-22/h1-12H,15-16H2,(H,26,27). The number of nitriles is 2. The van der Waals surface area contributed by atoms with Crippen LogP contribution in [0.15, 0.2) is 76.9 Å². The minimum Gasteiger partial charge on any atom is -0.489 e. The molecule has 142 valence electrons. The second kappa shape index (κ2) is 9.59. The summed E-state index contributed by atoms with van der Waals surface area (Å²) in [5.74, 6) is 0.753. The number of ether oxygens (including phenoxy) is 1. The molecule has 3 aromatic rings. The van der Waals surface area contributed by atoms with Crippen LogP contribution in [0.5, 0.6) is 5.75 Å². The van der Waals surface area contributed by atoms with E-state index in [1.54, 1.807) is 48.5 Å². The maximum atomic E-state index is 12.2. The van der Waals surface area contributed by atoms with Gasteiger partial charge in [0.1, 0.15) is 29.8 Å². The molecule has 0 aliphatic carbocycles. The highest BCUT2D eigenvalue weighted by Crippen LogP contribution is 2.17. The van der Waals surface area contributed by atoms with Crippen LogP contribution in [-0.4, -0.2) is 5.91 Å². The van der Waals surface area contributed by atoms with Gasteiger partial charge in [-0.3, -0.25) is 4.79 Å². The normalized spacial score (nSPS) is 10.6. The molecule has 1 aromatic heterocycles. The molecule has 0 saturated heterocycles. The van der Waals surface area contributed by atoms with Crippen molar-refractivity contribution in [1.82, 2.24) is 5.32 Å². The second-order valence-electron chi connectivity index (χ2n) is 6.06. The number of furan rings is 1. The van der Waals surface area contributed by atoms with Gasteiger partial charge >= 0.3 is 0 Å². The lowest BCUT2D eigenvalue weighted by molar-refractivity contribution is -0.117. The average molecular weight is 383 g/mol. The van der Waals surface area contributed by atoms with Crippen molar-refractivity contribution in [1.29, 1.82) is 10.5 Å². The Balaban J connectivity index is 1.61. The molecule has 2 aromatic carbocycles. The first-order valence-corrected chi connectivity index (χ1v) is 8.83. The summed E-state index contributed by atoms with van der Waals surface area (Å²) in [5.41, 5.74) is 2.07. The highest BCUT2D eigenvalue weighted by molar-refractivity contribution is 6.01. The van der Waals surface area contributed by atoms with E-state index in [9.17, 15) is 10.1 Å². The van der Waals surface area contributed by atoms with E-state index in [-0.39, 0.29) is 18.7 Å². The van der Waals surface area contributed by atoms with Crippen LogP contribution in [-0.2, 0) is 17.9 Å². The summed E-state index contributed by atoms with van der Waals surface area (Å²) < 4.78 is 10.9. The fourth-order valence-electron chi connectivity index (χ4n) is 2.57. The van der Waals surface area contributed by atoms with Crippen molar-refractivity contribution in [2.45, 2.75) is 13.2 Å². The Morgan fingerprint density at radius 3 is 2.55 bits per heavy atom. The number of benzene rings is 2. The molecular formula is C23H17N3O3. The van der Waals surface area contributed by atoms with Crippen LogP contribution in [0.1, 0.15) is 22.5 Å². The number of carbonyl (C=O) groups excluding carboxylic acids is 1. The van der Waals surface area contributed by atoms with E-state index in [4.69, 9.17) is 14.4 Å². The maximum Gasteiger partial charge on any atom is 0.262 e. The monoisotopic (exact) mass is 383 g/mol. The summed E-state index contributed by atoms with van der Waals surface area (Å²) in [5, 5.41) is 21.0. The number of hydrogen-bond acceptors (Lipinski definition) is 5. The molecule has 29 heavy (non-hydrogen) atoms. The van der Waals surface area contributed by atoms with Gasteiger partial charge < -0.3 is 14.5 Å². The van der Waals surface area contributed by atoms with Crippen LogP contribution in [0, 0.1) is 22.7 Å². The third kappa shape index (κ3) is 5.35. The summed E-state index contributed by atoms with van der Waals surface area (Å²) in [6.45, 7) is 0.485. The Morgan fingerprint density at radius 1 is 1.07 bits per heavy atom. The smallest absolute Gasteiger partial charge is 0.262 e. The zero-order valence-electron chi connectivity index (χ0n) is 15.5. The summed E-state index contributed by atoms with van der Waals surface area (Å²) in [7, 11) is 0. The third-order valence-corrected chi connectivity index (χ3v) is 4.09.